The van der Waals surface area contributed by atoms with Gasteiger partial charge in [0.1, 0.15) is 17.3 Å². The molecule has 0 saturated carbocycles. The van der Waals surface area contributed by atoms with Crippen LogP contribution in [0.25, 0.3) is 0 Å². The highest BCUT2D eigenvalue weighted by atomic mass is 16.2. The summed E-state index contributed by atoms with van der Waals surface area (Å²) in [5.41, 5.74) is 2.47. The number of amides is 1. The quantitative estimate of drug-likeness (QED) is 0.757. The van der Waals surface area contributed by atoms with Gasteiger partial charge in [-0.2, -0.15) is 0 Å². The molecule has 7 heteroatoms. The zero-order chi connectivity index (χ0) is 19.3. The summed E-state index contributed by atoms with van der Waals surface area (Å²) in [5.74, 6) is 1.47. The molecule has 1 aliphatic rings. The molecule has 1 amide bonds. The average molecular weight is 374 g/mol. The first-order valence-electron chi connectivity index (χ1n) is 9.30. The van der Waals surface area contributed by atoms with Gasteiger partial charge in [-0.05, 0) is 36.8 Å². The van der Waals surface area contributed by atoms with E-state index in [4.69, 9.17) is 0 Å². The van der Waals surface area contributed by atoms with Crippen molar-refractivity contribution in [2.24, 2.45) is 0 Å². The molecule has 1 aromatic carbocycles. The fourth-order valence-electron chi connectivity index (χ4n) is 3.22. The van der Waals surface area contributed by atoms with E-state index in [0.717, 1.165) is 30.2 Å². The van der Waals surface area contributed by atoms with Crippen molar-refractivity contribution in [3.63, 3.8) is 0 Å². The molecule has 7 nitrogen and oxygen atoms in total. The Morgan fingerprint density at radius 2 is 1.82 bits per heavy atom. The molecular weight excluding hydrogens is 352 g/mol. The van der Waals surface area contributed by atoms with Crippen molar-refractivity contribution in [3.05, 3.63) is 72.3 Å². The molecule has 1 fully saturated rings. The predicted molar refractivity (Wildman–Crippen MR) is 109 cm³/mol. The van der Waals surface area contributed by atoms with Crippen LogP contribution in [0.15, 0.2) is 61.1 Å². The Kier molecular flexibility index (Phi) is 5.14. The van der Waals surface area contributed by atoms with Crippen molar-refractivity contribution in [1.29, 1.82) is 0 Å². The van der Waals surface area contributed by atoms with E-state index in [1.165, 1.54) is 6.20 Å². The molecule has 1 aliphatic heterocycles. The molecule has 3 aromatic rings. The second kappa shape index (κ2) is 8.04. The number of nitrogens with one attached hydrogen (secondary N) is 1. The first-order valence-corrected chi connectivity index (χ1v) is 9.30. The first-order chi connectivity index (χ1) is 13.7. The number of rotatable bonds is 4. The van der Waals surface area contributed by atoms with E-state index in [2.05, 4.69) is 25.2 Å². The lowest BCUT2D eigenvalue weighted by Gasteiger charge is -2.35. The van der Waals surface area contributed by atoms with Crippen molar-refractivity contribution in [3.8, 4) is 0 Å². The van der Waals surface area contributed by atoms with E-state index in [1.807, 2.05) is 54.3 Å². The number of aryl methyl sites for hydroxylation is 1. The van der Waals surface area contributed by atoms with Crippen LogP contribution in [0.5, 0.6) is 0 Å². The molecule has 3 heterocycles. The summed E-state index contributed by atoms with van der Waals surface area (Å²) in [4.78, 5) is 29.7. The fraction of sp³-hybridized carbons (Fsp3) is 0.238. The minimum absolute atomic E-state index is 0.0877. The van der Waals surface area contributed by atoms with Crippen molar-refractivity contribution >= 4 is 23.2 Å². The minimum Gasteiger partial charge on any atom is -0.353 e. The summed E-state index contributed by atoms with van der Waals surface area (Å²) >= 11 is 0. The number of piperazine rings is 1. The highest BCUT2D eigenvalue weighted by molar-refractivity contribution is 5.92. The number of carbonyl (C=O) groups is 1. The highest BCUT2D eigenvalue weighted by Gasteiger charge is 2.23. The molecule has 0 unspecified atom stereocenters. The number of carbonyl (C=O) groups excluding carboxylic acids is 1. The van der Waals surface area contributed by atoms with Crippen LogP contribution in [0.4, 0.5) is 17.3 Å². The van der Waals surface area contributed by atoms with Crippen molar-refractivity contribution in [1.82, 2.24) is 19.9 Å². The number of nitrogens with zero attached hydrogens (tertiary/aromatic N) is 5. The number of aromatic nitrogens is 3. The Bertz CT molecular complexity index is 937. The molecule has 142 valence electrons. The summed E-state index contributed by atoms with van der Waals surface area (Å²) in [7, 11) is 0. The monoisotopic (exact) mass is 374 g/mol. The molecule has 4 rings (SSSR count). The topological polar surface area (TPSA) is 74.2 Å². The summed E-state index contributed by atoms with van der Waals surface area (Å²) in [6, 6.07) is 13.9. The molecule has 0 spiro atoms. The highest BCUT2D eigenvalue weighted by Crippen LogP contribution is 2.16. The van der Waals surface area contributed by atoms with Crippen LogP contribution in [-0.4, -0.2) is 51.9 Å². The average Bonchev–Trinajstić information content (AvgIpc) is 2.75. The van der Waals surface area contributed by atoms with E-state index in [0.29, 0.717) is 24.6 Å². The Balaban J connectivity index is 1.36. The summed E-state index contributed by atoms with van der Waals surface area (Å²) < 4.78 is 0. The van der Waals surface area contributed by atoms with Crippen LogP contribution < -0.4 is 10.2 Å². The fourth-order valence-corrected chi connectivity index (χ4v) is 3.22. The van der Waals surface area contributed by atoms with Gasteiger partial charge in [-0.15, -0.1) is 0 Å². The third-order valence-corrected chi connectivity index (χ3v) is 4.70. The van der Waals surface area contributed by atoms with Crippen LogP contribution >= 0.6 is 0 Å². The zero-order valence-corrected chi connectivity index (χ0v) is 15.7. The molecule has 0 radical (unpaired) electrons. The normalized spacial score (nSPS) is 14.0. The summed E-state index contributed by atoms with van der Waals surface area (Å²) in [6.45, 7) is 4.82. The van der Waals surface area contributed by atoms with Crippen LogP contribution in [-0.2, 0) is 0 Å². The SMILES string of the molecule is Cc1cccc(Nc2cnc(C(=O)N3CCN(c4ccccn4)CC3)cn2)c1. The zero-order valence-electron chi connectivity index (χ0n) is 15.7. The molecule has 28 heavy (non-hydrogen) atoms. The summed E-state index contributed by atoms with van der Waals surface area (Å²) in [5, 5.41) is 3.20. The van der Waals surface area contributed by atoms with E-state index in [-0.39, 0.29) is 5.91 Å². The molecule has 0 bridgehead atoms. The number of hydrogen-bond donors (Lipinski definition) is 1. The Morgan fingerprint density at radius 1 is 0.964 bits per heavy atom. The number of hydrogen-bond acceptors (Lipinski definition) is 6. The van der Waals surface area contributed by atoms with Crippen LogP contribution in [0.2, 0.25) is 0 Å². The van der Waals surface area contributed by atoms with Crippen molar-refractivity contribution in [2.45, 2.75) is 6.92 Å². The maximum Gasteiger partial charge on any atom is 0.274 e. The Hall–Kier alpha value is -3.48. The van der Waals surface area contributed by atoms with Crippen LogP contribution in [0.3, 0.4) is 0 Å². The van der Waals surface area contributed by atoms with E-state index < -0.39 is 0 Å². The molecule has 1 saturated heterocycles. The van der Waals surface area contributed by atoms with Crippen LogP contribution in [0, 0.1) is 6.92 Å². The Morgan fingerprint density at radius 3 is 2.50 bits per heavy atom. The lowest BCUT2D eigenvalue weighted by Crippen LogP contribution is -2.49. The van der Waals surface area contributed by atoms with Crippen molar-refractivity contribution in [2.75, 3.05) is 36.4 Å². The first kappa shape index (κ1) is 17.9. The van der Waals surface area contributed by atoms with Crippen molar-refractivity contribution < 1.29 is 4.79 Å². The van der Waals surface area contributed by atoms with E-state index in [9.17, 15) is 4.79 Å². The third kappa shape index (κ3) is 4.09. The number of anilines is 3. The van der Waals surface area contributed by atoms with Gasteiger partial charge in [-0.3, -0.25) is 4.79 Å². The number of benzene rings is 1. The van der Waals surface area contributed by atoms with Gasteiger partial charge in [0.2, 0.25) is 0 Å². The van der Waals surface area contributed by atoms with Gasteiger partial charge in [0.05, 0.1) is 12.4 Å². The van der Waals surface area contributed by atoms with Gasteiger partial charge in [-0.1, -0.05) is 18.2 Å². The van der Waals surface area contributed by atoms with Gasteiger partial charge in [0.25, 0.3) is 5.91 Å². The second-order valence-electron chi connectivity index (χ2n) is 6.75. The molecule has 0 atom stereocenters. The largest absolute Gasteiger partial charge is 0.353 e. The standard InChI is InChI=1S/C21H22N6O/c1-16-5-4-6-17(13-16)25-19-15-23-18(14-24-19)21(28)27-11-9-26(10-12-27)20-7-2-3-8-22-20/h2-8,13-15H,9-12H2,1H3,(H,24,25). The maximum atomic E-state index is 12.7. The van der Waals surface area contributed by atoms with Gasteiger partial charge >= 0.3 is 0 Å². The van der Waals surface area contributed by atoms with Gasteiger partial charge in [0, 0.05) is 38.1 Å². The second-order valence-corrected chi connectivity index (χ2v) is 6.75. The smallest absolute Gasteiger partial charge is 0.274 e. The van der Waals surface area contributed by atoms with E-state index >= 15 is 0 Å². The maximum absolute atomic E-state index is 12.7. The van der Waals surface area contributed by atoms with E-state index in [1.54, 1.807) is 12.4 Å². The van der Waals surface area contributed by atoms with Gasteiger partial charge in [-0.25, -0.2) is 15.0 Å². The lowest BCUT2D eigenvalue weighted by molar-refractivity contribution is 0.0740. The minimum atomic E-state index is -0.0877. The van der Waals surface area contributed by atoms with Crippen LogP contribution in [0.1, 0.15) is 16.1 Å². The summed E-state index contributed by atoms with van der Waals surface area (Å²) in [6.07, 6.45) is 4.92. The van der Waals surface area contributed by atoms with Gasteiger partial charge < -0.3 is 15.1 Å². The molecule has 1 N–H and O–H groups in total. The lowest BCUT2D eigenvalue weighted by atomic mass is 10.2. The number of pyridine rings is 1. The predicted octanol–water partition coefficient (Wildman–Crippen LogP) is 2.89. The third-order valence-electron chi connectivity index (χ3n) is 4.70. The molecule has 2 aromatic heterocycles. The molecule has 0 aliphatic carbocycles. The van der Waals surface area contributed by atoms with Gasteiger partial charge in [0.15, 0.2) is 0 Å². The molecular formula is C21H22N6O. The Labute approximate surface area is 164 Å².